The third-order valence-electron chi connectivity index (χ3n) is 2.82. The standard InChI is InChI=1S/C14H20FN3O6S/c1-14(2,3)24-13(19)17(4)6-5-16-25(22,23)12-8-10(15)7-11(9-12)18(20)21/h7-9,16H,5-6H2,1-4H3. The van der Waals surface area contributed by atoms with Gasteiger partial charge in [-0.3, -0.25) is 10.1 Å². The van der Waals surface area contributed by atoms with E-state index in [2.05, 4.69) is 4.72 Å². The van der Waals surface area contributed by atoms with E-state index in [1.54, 1.807) is 20.8 Å². The van der Waals surface area contributed by atoms with Gasteiger partial charge in [0.25, 0.3) is 5.69 Å². The second-order valence-electron chi connectivity index (χ2n) is 6.20. The Morgan fingerprint density at radius 3 is 2.48 bits per heavy atom. The lowest BCUT2D eigenvalue weighted by molar-refractivity contribution is -0.385. The minimum atomic E-state index is -4.17. The van der Waals surface area contributed by atoms with Gasteiger partial charge in [0.15, 0.2) is 0 Å². The molecule has 1 N–H and O–H groups in total. The van der Waals surface area contributed by atoms with Crippen LogP contribution in [0.3, 0.4) is 0 Å². The van der Waals surface area contributed by atoms with E-state index in [0.717, 1.165) is 6.07 Å². The average Bonchev–Trinajstić information content (AvgIpc) is 2.44. The zero-order chi connectivity index (χ0) is 19.4. The van der Waals surface area contributed by atoms with Crippen molar-refractivity contribution in [1.29, 1.82) is 0 Å². The molecule has 25 heavy (non-hydrogen) atoms. The van der Waals surface area contributed by atoms with E-state index >= 15 is 0 Å². The van der Waals surface area contributed by atoms with Gasteiger partial charge in [0.2, 0.25) is 10.0 Å². The summed E-state index contributed by atoms with van der Waals surface area (Å²) in [5, 5.41) is 10.7. The van der Waals surface area contributed by atoms with Crippen LogP contribution in [0.2, 0.25) is 0 Å². The van der Waals surface area contributed by atoms with Crippen LogP contribution in [0, 0.1) is 15.9 Å². The Kier molecular flexibility index (Phi) is 6.43. The molecule has 0 radical (unpaired) electrons. The van der Waals surface area contributed by atoms with Crippen LogP contribution >= 0.6 is 0 Å². The minimum absolute atomic E-state index is 0.00838. The van der Waals surface area contributed by atoms with E-state index < -0.39 is 43.0 Å². The number of hydrogen-bond acceptors (Lipinski definition) is 6. The molecule has 1 rings (SSSR count). The molecule has 0 spiro atoms. The molecule has 140 valence electrons. The van der Waals surface area contributed by atoms with Gasteiger partial charge in [-0.15, -0.1) is 0 Å². The summed E-state index contributed by atoms with van der Waals surface area (Å²) in [6, 6.07) is 2.05. The van der Waals surface area contributed by atoms with Gasteiger partial charge in [-0.2, -0.15) is 0 Å². The van der Waals surface area contributed by atoms with E-state index in [9.17, 15) is 27.7 Å². The van der Waals surface area contributed by atoms with Crippen LogP contribution in [0.15, 0.2) is 23.1 Å². The number of ether oxygens (including phenoxy) is 1. The van der Waals surface area contributed by atoms with Gasteiger partial charge < -0.3 is 9.64 Å². The highest BCUT2D eigenvalue weighted by atomic mass is 32.2. The molecule has 9 nitrogen and oxygen atoms in total. The Bertz CT molecular complexity index is 760. The number of hydrogen-bond donors (Lipinski definition) is 1. The predicted molar refractivity (Wildman–Crippen MR) is 87.1 cm³/mol. The summed E-state index contributed by atoms with van der Waals surface area (Å²) in [7, 11) is -2.74. The summed E-state index contributed by atoms with van der Waals surface area (Å²) in [6.07, 6.45) is -0.631. The summed E-state index contributed by atoms with van der Waals surface area (Å²) < 4.78 is 44.8. The molecule has 0 bridgehead atoms. The number of nitrogens with one attached hydrogen (secondary N) is 1. The van der Waals surface area contributed by atoms with Crippen molar-refractivity contribution >= 4 is 21.8 Å². The van der Waals surface area contributed by atoms with Gasteiger partial charge in [-0.05, 0) is 26.8 Å². The van der Waals surface area contributed by atoms with Gasteiger partial charge in [-0.25, -0.2) is 22.3 Å². The number of nitrogens with zero attached hydrogens (tertiary/aromatic N) is 2. The van der Waals surface area contributed by atoms with Gasteiger partial charge in [-0.1, -0.05) is 0 Å². The average molecular weight is 377 g/mol. The van der Waals surface area contributed by atoms with Crippen molar-refractivity contribution in [3.8, 4) is 0 Å². The number of amides is 1. The lowest BCUT2D eigenvalue weighted by Gasteiger charge is -2.24. The number of likely N-dealkylation sites (N-methyl/N-ethyl adjacent to an activating group) is 1. The van der Waals surface area contributed by atoms with Crippen LogP contribution in [0.4, 0.5) is 14.9 Å². The van der Waals surface area contributed by atoms with Crippen molar-refractivity contribution in [3.05, 3.63) is 34.1 Å². The van der Waals surface area contributed by atoms with Crippen molar-refractivity contribution < 1.29 is 27.3 Å². The van der Waals surface area contributed by atoms with Crippen molar-refractivity contribution in [2.24, 2.45) is 0 Å². The van der Waals surface area contributed by atoms with Gasteiger partial charge in [0.05, 0.1) is 15.9 Å². The van der Waals surface area contributed by atoms with Crippen molar-refractivity contribution in [1.82, 2.24) is 9.62 Å². The molecule has 0 saturated heterocycles. The van der Waals surface area contributed by atoms with Crippen LogP contribution in [-0.2, 0) is 14.8 Å². The lowest BCUT2D eigenvalue weighted by atomic mass is 10.2. The molecule has 0 aliphatic heterocycles. The molecule has 1 amide bonds. The van der Waals surface area contributed by atoms with Gasteiger partial charge in [0, 0.05) is 26.2 Å². The van der Waals surface area contributed by atoms with Gasteiger partial charge >= 0.3 is 6.09 Å². The maximum atomic E-state index is 13.4. The molecule has 0 aliphatic carbocycles. The second-order valence-corrected chi connectivity index (χ2v) is 7.97. The van der Waals surface area contributed by atoms with Gasteiger partial charge in [0.1, 0.15) is 11.4 Å². The fourth-order valence-corrected chi connectivity index (χ4v) is 2.74. The van der Waals surface area contributed by atoms with Crippen LogP contribution in [0.1, 0.15) is 20.8 Å². The highest BCUT2D eigenvalue weighted by Crippen LogP contribution is 2.19. The molecule has 0 aromatic heterocycles. The highest BCUT2D eigenvalue weighted by molar-refractivity contribution is 7.89. The SMILES string of the molecule is CN(CCNS(=O)(=O)c1cc(F)cc([N+](=O)[O-])c1)C(=O)OC(C)(C)C. The van der Waals surface area contributed by atoms with Crippen LogP contribution in [-0.4, -0.2) is 50.1 Å². The maximum absolute atomic E-state index is 13.4. The monoisotopic (exact) mass is 377 g/mol. The van der Waals surface area contributed by atoms with Crippen LogP contribution in [0.25, 0.3) is 0 Å². The quantitative estimate of drug-likeness (QED) is 0.597. The summed E-state index contributed by atoms with van der Waals surface area (Å²) >= 11 is 0. The number of sulfonamides is 1. The van der Waals surface area contributed by atoms with E-state index in [0.29, 0.717) is 12.1 Å². The maximum Gasteiger partial charge on any atom is 0.410 e. The number of non-ortho nitro benzene ring substituents is 1. The van der Waals surface area contributed by atoms with E-state index in [1.807, 2.05) is 0 Å². The predicted octanol–water partition coefficient (Wildman–Crippen LogP) is 1.88. The number of nitro groups is 1. The number of carbonyl (C=O) groups is 1. The molecule has 0 heterocycles. The Morgan fingerprint density at radius 2 is 1.96 bits per heavy atom. The van der Waals surface area contributed by atoms with Crippen LogP contribution < -0.4 is 4.72 Å². The van der Waals surface area contributed by atoms with Crippen molar-refractivity contribution in [2.75, 3.05) is 20.1 Å². The Balaban J connectivity index is 2.74. The molecule has 0 saturated carbocycles. The van der Waals surface area contributed by atoms with E-state index in [4.69, 9.17) is 4.74 Å². The fourth-order valence-electron chi connectivity index (χ4n) is 1.67. The topological polar surface area (TPSA) is 119 Å². The Labute approximate surface area is 145 Å². The fraction of sp³-hybridized carbons (Fsp3) is 0.500. The lowest BCUT2D eigenvalue weighted by Crippen LogP contribution is -2.39. The normalized spacial score (nSPS) is 11.9. The molecule has 0 fully saturated rings. The Hall–Kier alpha value is -2.27. The minimum Gasteiger partial charge on any atom is -0.444 e. The Morgan fingerprint density at radius 1 is 1.36 bits per heavy atom. The zero-order valence-electron chi connectivity index (χ0n) is 14.3. The first kappa shape index (κ1) is 20.8. The zero-order valence-corrected chi connectivity index (χ0v) is 15.1. The second kappa shape index (κ2) is 7.74. The molecule has 0 atom stereocenters. The highest BCUT2D eigenvalue weighted by Gasteiger charge is 2.22. The number of nitro benzene ring substituents is 1. The molecule has 0 aliphatic rings. The summed E-state index contributed by atoms with van der Waals surface area (Å²) in [5.41, 5.74) is -1.36. The first-order valence-electron chi connectivity index (χ1n) is 7.20. The molecule has 0 unspecified atom stereocenters. The molecule has 11 heteroatoms. The summed E-state index contributed by atoms with van der Waals surface area (Å²) in [6.45, 7) is 4.89. The first-order valence-corrected chi connectivity index (χ1v) is 8.69. The summed E-state index contributed by atoms with van der Waals surface area (Å²) in [5.74, 6) is -1.04. The van der Waals surface area contributed by atoms with Crippen molar-refractivity contribution in [3.63, 3.8) is 0 Å². The molecule has 1 aromatic carbocycles. The van der Waals surface area contributed by atoms with Crippen molar-refractivity contribution in [2.45, 2.75) is 31.3 Å². The largest absolute Gasteiger partial charge is 0.444 e. The number of carbonyl (C=O) groups excluding carboxylic acids is 1. The number of benzene rings is 1. The van der Waals surface area contributed by atoms with E-state index in [1.165, 1.54) is 11.9 Å². The first-order chi connectivity index (χ1) is 11.3. The smallest absolute Gasteiger partial charge is 0.410 e. The number of halogens is 1. The molecule has 1 aromatic rings. The molecular weight excluding hydrogens is 357 g/mol. The van der Waals surface area contributed by atoms with Crippen LogP contribution in [0.5, 0.6) is 0 Å². The van der Waals surface area contributed by atoms with E-state index in [-0.39, 0.29) is 13.1 Å². The summed E-state index contributed by atoms with van der Waals surface area (Å²) in [4.78, 5) is 22.1. The molecular formula is C14H20FN3O6S. The number of rotatable bonds is 6. The third kappa shape index (κ3) is 6.63. The third-order valence-corrected chi connectivity index (χ3v) is 4.26.